The number of carbonyl (C=O) groups is 2. The quantitative estimate of drug-likeness (QED) is 0.0790. The second-order valence-electron chi connectivity index (χ2n) is 19.2. The number of piperazine rings is 1. The lowest BCUT2D eigenvalue weighted by Crippen LogP contribution is -2.64. The van der Waals surface area contributed by atoms with E-state index in [4.69, 9.17) is 75.6 Å². The molecule has 3 aliphatic carbocycles. The van der Waals surface area contributed by atoms with E-state index in [2.05, 4.69) is 42.5 Å². The zero-order valence-corrected chi connectivity index (χ0v) is 41.8. The third-order valence-electron chi connectivity index (χ3n) is 14.7. The predicted molar refractivity (Wildman–Crippen MR) is 264 cm³/mol. The monoisotopic (exact) mass is 1020 g/mol. The number of benzene rings is 3. The standard InChI is InChI=1S/C35H34Cl2N6O4.C16H15Cl2N3O2/c1-34(29-9-6-22(36)18-39-29)46-28-5-3-4-26(32(28)47-34)42-15-14-41(24-7-8-25(24)42)19-30-40-31-23(37)16-21(33(44)45-2)17-27(31)43(30)20-35(10-11-35)12-13-38;1-23-15(22)10-6-11(18)14-12(7-10)21(13(8-17)20-14)9-16(2-3-16)4-5-19/h3-6,9,16-18,24-25H,7-8,10-12,14-15,19-20H2,1-2H3;6-7H,2-4,8-9H2,1H3/t24-,25-,34-;/m1./s1. The van der Waals surface area contributed by atoms with Crippen LogP contribution in [0.15, 0.2) is 60.8 Å². The first kappa shape index (κ1) is 47.8. The molecule has 0 unspecified atom stereocenters. The van der Waals surface area contributed by atoms with E-state index in [1.807, 2.05) is 35.8 Å². The Morgan fingerprint density at radius 2 is 1.37 bits per heavy atom. The number of imidazole rings is 2. The highest BCUT2D eigenvalue weighted by Crippen LogP contribution is 2.53. The lowest BCUT2D eigenvalue weighted by molar-refractivity contribution is -0.0717. The van der Waals surface area contributed by atoms with Gasteiger partial charge in [-0.3, -0.25) is 9.88 Å². The number of aromatic nitrogens is 5. The lowest BCUT2D eigenvalue weighted by Gasteiger charge is -2.54. The molecule has 5 aliphatic rings. The molecule has 0 bridgehead atoms. The van der Waals surface area contributed by atoms with Gasteiger partial charge in [-0.25, -0.2) is 19.6 Å². The fourth-order valence-corrected chi connectivity index (χ4v) is 11.1. The van der Waals surface area contributed by atoms with E-state index in [1.54, 1.807) is 30.5 Å². The van der Waals surface area contributed by atoms with Gasteiger partial charge in [-0.15, -0.1) is 11.6 Å². The number of nitriles is 2. The Balaban J connectivity index is 0.000000207. The van der Waals surface area contributed by atoms with E-state index in [-0.39, 0.29) is 16.7 Å². The largest absolute Gasteiger partial charge is 0.465 e. The Morgan fingerprint density at radius 1 is 0.786 bits per heavy atom. The van der Waals surface area contributed by atoms with Crippen LogP contribution in [0.3, 0.4) is 0 Å². The first-order valence-corrected chi connectivity index (χ1v) is 24.9. The van der Waals surface area contributed by atoms with Crippen LogP contribution < -0.4 is 14.4 Å². The maximum atomic E-state index is 12.5. The van der Waals surface area contributed by atoms with Crippen molar-refractivity contribution in [3.05, 3.63) is 104 Å². The van der Waals surface area contributed by atoms with Gasteiger partial charge >= 0.3 is 11.9 Å². The molecule has 11 rings (SSSR count). The van der Waals surface area contributed by atoms with Crippen molar-refractivity contribution < 1.29 is 28.5 Å². The van der Waals surface area contributed by atoms with Gasteiger partial charge in [-0.2, -0.15) is 10.5 Å². The van der Waals surface area contributed by atoms with E-state index >= 15 is 0 Å². The Bertz CT molecular complexity index is 3140. The number of nitrogens with zero attached hydrogens (tertiary/aromatic N) is 9. The van der Waals surface area contributed by atoms with Crippen LogP contribution >= 0.6 is 46.4 Å². The van der Waals surface area contributed by atoms with E-state index in [9.17, 15) is 14.9 Å². The molecular weight excluding hydrogens is 976 g/mol. The Labute approximate surface area is 424 Å². The molecule has 2 aliphatic heterocycles. The number of para-hydroxylation sites is 1. The summed E-state index contributed by atoms with van der Waals surface area (Å²) < 4.78 is 26.8. The number of ether oxygens (including phenoxy) is 4. The second-order valence-corrected chi connectivity index (χ2v) is 20.7. The topological polar surface area (TPSA) is 174 Å². The summed E-state index contributed by atoms with van der Waals surface area (Å²) in [6.45, 7) is 5.48. The predicted octanol–water partition coefficient (Wildman–Crippen LogP) is 10.6. The fourth-order valence-electron chi connectivity index (χ4n) is 10.2. The highest BCUT2D eigenvalue weighted by molar-refractivity contribution is 6.36. The number of carbonyl (C=O) groups excluding carboxylic acids is 2. The average molecular weight is 1030 g/mol. The van der Waals surface area contributed by atoms with Gasteiger partial charge in [-0.1, -0.05) is 40.9 Å². The summed E-state index contributed by atoms with van der Waals surface area (Å²) in [5, 5.41) is 19.9. The summed E-state index contributed by atoms with van der Waals surface area (Å²) in [7, 11) is 2.69. The summed E-state index contributed by atoms with van der Waals surface area (Å²) in [4.78, 5) is 43.3. The average Bonchev–Trinajstić information content (AvgIpc) is 4.17. The Kier molecular flexibility index (Phi) is 12.8. The molecule has 0 radical (unpaired) electrons. The number of fused-ring (bicyclic) bond motifs is 4. The van der Waals surface area contributed by atoms with Gasteiger partial charge in [0.15, 0.2) is 11.5 Å². The van der Waals surface area contributed by atoms with Crippen LogP contribution in [0.1, 0.15) is 96.3 Å². The van der Waals surface area contributed by atoms with Crippen molar-refractivity contribution in [2.24, 2.45) is 10.8 Å². The molecule has 3 saturated carbocycles. The minimum absolute atomic E-state index is 0.0169. The van der Waals surface area contributed by atoms with Crippen molar-refractivity contribution in [2.45, 2.75) is 102 Å². The summed E-state index contributed by atoms with van der Waals surface area (Å²) >= 11 is 25.1. The van der Waals surface area contributed by atoms with Gasteiger partial charge < -0.3 is 33.0 Å². The molecule has 3 aromatic carbocycles. The van der Waals surface area contributed by atoms with Gasteiger partial charge in [0, 0.05) is 75.1 Å². The van der Waals surface area contributed by atoms with Gasteiger partial charge in [0.25, 0.3) is 5.79 Å². The lowest BCUT2D eigenvalue weighted by atomic mass is 9.81. The fraction of sp³-hybridized carbons (Fsp3) is 0.431. The van der Waals surface area contributed by atoms with Crippen LogP contribution in [0.5, 0.6) is 11.5 Å². The van der Waals surface area contributed by atoms with Crippen molar-refractivity contribution >= 4 is 86.1 Å². The van der Waals surface area contributed by atoms with Crippen LogP contribution in [0.4, 0.5) is 5.69 Å². The van der Waals surface area contributed by atoms with Crippen molar-refractivity contribution in [1.82, 2.24) is 29.0 Å². The number of esters is 2. The van der Waals surface area contributed by atoms with Crippen LogP contribution in [-0.4, -0.2) is 80.3 Å². The minimum atomic E-state index is -1.05. The van der Waals surface area contributed by atoms with Crippen molar-refractivity contribution in [3.8, 4) is 23.6 Å². The maximum absolute atomic E-state index is 12.5. The number of hydrogen-bond acceptors (Lipinski definition) is 13. The van der Waals surface area contributed by atoms with Crippen LogP contribution in [-0.2, 0) is 40.8 Å². The molecular formula is C51H49Cl4N9O6. The smallest absolute Gasteiger partial charge is 0.337 e. The third kappa shape index (κ3) is 8.85. The highest BCUT2D eigenvalue weighted by atomic mass is 35.5. The SMILES string of the molecule is COC(=O)c1cc(Cl)c2nc(CCl)n(CC3(CC#N)CC3)c2c1.COC(=O)c1cc(Cl)c2nc(CN3CCN(c4cccc5c4O[C@](C)(c4ccc(Cl)cn4)O5)[C@@H]4CC[C@H]43)n(CC3(CC#N)CC3)c2c1. The normalized spacial score (nSPS) is 21.2. The molecule has 3 atom stereocenters. The molecule has 0 amide bonds. The van der Waals surface area contributed by atoms with Crippen LogP contribution in [0, 0.1) is 33.5 Å². The highest BCUT2D eigenvalue weighted by Gasteiger charge is 2.48. The molecule has 1 saturated heterocycles. The summed E-state index contributed by atoms with van der Waals surface area (Å²) in [6, 6.07) is 21.7. The summed E-state index contributed by atoms with van der Waals surface area (Å²) in [5.41, 5.74) is 5.18. The Hall–Kier alpha value is -5.81. The molecule has 5 heterocycles. The number of methoxy groups -OCH3 is 2. The molecule has 19 heteroatoms. The van der Waals surface area contributed by atoms with Gasteiger partial charge in [0.2, 0.25) is 0 Å². The van der Waals surface area contributed by atoms with Crippen molar-refractivity contribution in [3.63, 3.8) is 0 Å². The molecule has 6 aromatic rings. The van der Waals surface area contributed by atoms with Gasteiger partial charge in [0.05, 0.1) is 81.7 Å². The molecule has 362 valence electrons. The molecule has 70 heavy (non-hydrogen) atoms. The summed E-state index contributed by atoms with van der Waals surface area (Å²) in [6.07, 6.45) is 8.73. The second kappa shape index (κ2) is 18.7. The first-order chi connectivity index (χ1) is 33.7. The molecule has 4 fully saturated rings. The number of hydrogen-bond donors (Lipinski definition) is 0. The maximum Gasteiger partial charge on any atom is 0.337 e. The number of anilines is 1. The number of halogens is 4. The van der Waals surface area contributed by atoms with Gasteiger partial charge in [-0.05, 0) is 87.1 Å². The van der Waals surface area contributed by atoms with E-state index in [1.165, 1.54) is 14.2 Å². The van der Waals surface area contributed by atoms with Crippen LogP contribution in [0.2, 0.25) is 15.1 Å². The zero-order chi connectivity index (χ0) is 49.1. The summed E-state index contributed by atoms with van der Waals surface area (Å²) in [5.74, 6) is 1.31. The molecule has 0 N–H and O–H groups in total. The van der Waals surface area contributed by atoms with Gasteiger partial charge in [0.1, 0.15) is 28.4 Å². The number of rotatable bonds is 13. The van der Waals surface area contributed by atoms with E-state index in [0.29, 0.717) is 99.1 Å². The molecule has 15 nitrogen and oxygen atoms in total. The number of pyridine rings is 1. The van der Waals surface area contributed by atoms with Crippen molar-refractivity contribution in [1.29, 1.82) is 10.5 Å². The van der Waals surface area contributed by atoms with E-state index in [0.717, 1.165) is 79.9 Å². The minimum Gasteiger partial charge on any atom is -0.465 e. The Morgan fingerprint density at radius 3 is 1.89 bits per heavy atom. The molecule has 0 spiro atoms. The third-order valence-corrected chi connectivity index (χ3v) is 15.7. The van der Waals surface area contributed by atoms with Crippen LogP contribution in [0.25, 0.3) is 22.1 Å². The number of alkyl halides is 1. The zero-order valence-electron chi connectivity index (χ0n) is 38.8. The molecule has 3 aromatic heterocycles. The van der Waals surface area contributed by atoms with Crippen molar-refractivity contribution in [2.75, 3.05) is 32.2 Å². The van der Waals surface area contributed by atoms with E-state index < -0.39 is 17.7 Å². The first-order valence-electron chi connectivity index (χ1n) is 23.2.